The predicted octanol–water partition coefficient (Wildman–Crippen LogP) is 1.83. The van der Waals surface area contributed by atoms with Crippen LogP contribution < -0.4 is 0 Å². The Labute approximate surface area is 96.0 Å². The Bertz CT molecular complexity index is 673. The first-order chi connectivity index (χ1) is 7.38. The zero-order valence-corrected chi connectivity index (χ0v) is 9.68. The van der Waals surface area contributed by atoms with Crippen LogP contribution in [0, 0.1) is 5.82 Å². The van der Waals surface area contributed by atoms with E-state index in [1.165, 1.54) is 12.1 Å². The van der Waals surface area contributed by atoms with Gasteiger partial charge >= 0.3 is 0 Å². The summed E-state index contributed by atoms with van der Waals surface area (Å²) in [6.45, 7) is 0. The summed E-state index contributed by atoms with van der Waals surface area (Å²) in [6.07, 6.45) is 0.966. The molecular weight excluding hydrogens is 255 g/mol. The molecule has 0 fully saturated rings. The number of hydrogen-bond donors (Lipinski definition) is 0. The van der Waals surface area contributed by atoms with Gasteiger partial charge in [-0.1, -0.05) is 11.6 Å². The van der Waals surface area contributed by atoms with Gasteiger partial charge in [-0.25, -0.2) is 22.8 Å². The molecule has 4 nitrogen and oxygen atoms in total. The number of benzene rings is 1. The van der Waals surface area contributed by atoms with Crippen LogP contribution in [0.3, 0.4) is 0 Å². The van der Waals surface area contributed by atoms with Crippen molar-refractivity contribution < 1.29 is 12.8 Å². The van der Waals surface area contributed by atoms with E-state index < -0.39 is 15.7 Å². The van der Waals surface area contributed by atoms with Gasteiger partial charge in [-0.2, -0.15) is 0 Å². The molecule has 1 heterocycles. The van der Waals surface area contributed by atoms with Crippen LogP contribution in [0.25, 0.3) is 11.0 Å². The van der Waals surface area contributed by atoms with Crippen LogP contribution in [0.15, 0.2) is 23.2 Å². The second-order valence-corrected chi connectivity index (χ2v) is 5.51. The summed E-state index contributed by atoms with van der Waals surface area (Å²) in [5, 5.41) is -0.547. The lowest BCUT2D eigenvalue weighted by Gasteiger charge is -2.02. The molecule has 16 heavy (non-hydrogen) atoms. The van der Waals surface area contributed by atoms with Crippen LogP contribution in [0.2, 0.25) is 5.15 Å². The van der Waals surface area contributed by atoms with E-state index in [9.17, 15) is 12.8 Å². The summed E-state index contributed by atoms with van der Waals surface area (Å²) in [6, 6.07) is 3.69. The van der Waals surface area contributed by atoms with Gasteiger partial charge in [0.1, 0.15) is 5.82 Å². The van der Waals surface area contributed by atoms with E-state index in [0.29, 0.717) is 5.52 Å². The Balaban J connectivity index is 2.84. The highest BCUT2D eigenvalue weighted by Crippen LogP contribution is 2.21. The molecule has 1 aromatic heterocycles. The fraction of sp³-hybridized carbons (Fsp3) is 0.111. The van der Waals surface area contributed by atoms with Gasteiger partial charge in [0.05, 0.1) is 11.0 Å². The second-order valence-electron chi connectivity index (χ2n) is 3.22. The number of fused-ring (bicyclic) bond motifs is 1. The topological polar surface area (TPSA) is 59.9 Å². The predicted molar refractivity (Wildman–Crippen MR) is 57.6 cm³/mol. The van der Waals surface area contributed by atoms with E-state index in [0.717, 1.165) is 12.3 Å². The molecule has 84 valence electrons. The van der Waals surface area contributed by atoms with Crippen molar-refractivity contribution in [2.45, 2.75) is 5.03 Å². The maximum absolute atomic E-state index is 12.9. The Kier molecular flexibility index (Phi) is 2.55. The lowest BCUT2D eigenvalue weighted by molar-refractivity contribution is 0.598. The summed E-state index contributed by atoms with van der Waals surface area (Å²) in [5.74, 6) is -0.511. The Hall–Kier alpha value is -1.27. The van der Waals surface area contributed by atoms with Gasteiger partial charge in [-0.3, -0.25) is 0 Å². The average Bonchev–Trinajstić information content (AvgIpc) is 2.16. The maximum atomic E-state index is 12.9. The third kappa shape index (κ3) is 1.98. The molecule has 0 radical (unpaired) electrons. The standard InChI is InChI=1S/C9H6ClFN2O2S/c1-16(14,15)9-8(10)12-6-3-2-5(11)4-7(6)13-9/h2-4H,1H3. The molecule has 0 aliphatic carbocycles. The molecule has 0 aliphatic heterocycles. The molecule has 0 spiro atoms. The highest BCUT2D eigenvalue weighted by atomic mass is 35.5. The van der Waals surface area contributed by atoms with E-state index in [4.69, 9.17) is 11.6 Å². The van der Waals surface area contributed by atoms with Gasteiger partial charge in [-0.05, 0) is 12.1 Å². The zero-order valence-electron chi connectivity index (χ0n) is 8.11. The van der Waals surface area contributed by atoms with Crippen molar-refractivity contribution in [1.82, 2.24) is 9.97 Å². The molecule has 0 aliphatic rings. The SMILES string of the molecule is CS(=O)(=O)c1nc2cc(F)ccc2nc1Cl. The zero-order chi connectivity index (χ0) is 11.9. The molecule has 0 amide bonds. The van der Waals surface area contributed by atoms with Crippen molar-refractivity contribution in [2.24, 2.45) is 0 Å². The minimum atomic E-state index is -3.57. The van der Waals surface area contributed by atoms with Crippen LogP contribution in [0.1, 0.15) is 0 Å². The molecule has 1 aromatic carbocycles. The summed E-state index contributed by atoms with van der Waals surface area (Å²) in [7, 11) is -3.57. The van der Waals surface area contributed by atoms with E-state index >= 15 is 0 Å². The molecule has 7 heteroatoms. The first-order valence-electron chi connectivity index (χ1n) is 4.21. The number of sulfone groups is 1. The first-order valence-corrected chi connectivity index (χ1v) is 6.48. The van der Waals surface area contributed by atoms with Crippen molar-refractivity contribution in [3.63, 3.8) is 0 Å². The normalized spacial score (nSPS) is 11.9. The van der Waals surface area contributed by atoms with Gasteiger partial charge in [-0.15, -0.1) is 0 Å². The Morgan fingerprint density at radius 2 is 1.94 bits per heavy atom. The number of nitrogens with zero attached hydrogens (tertiary/aromatic N) is 2. The third-order valence-electron chi connectivity index (χ3n) is 1.91. The third-order valence-corrected chi connectivity index (χ3v) is 3.27. The van der Waals surface area contributed by atoms with Gasteiger partial charge in [0.15, 0.2) is 20.0 Å². The number of hydrogen-bond acceptors (Lipinski definition) is 4. The van der Waals surface area contributed by atoms with Crippen LogP contribution in [0.5, 0.6) is 0 Å². The smallest absolute Gasteiger partial charge is 0.195 e. The van der Waals surface area contributed by atoms with Crippen LogP contribution in [-0.4, -0.2) is 24.6 Å². The molecule has 0 saturated carbocycles. The van der Waals surface area contributed by atoms with Crippen molar-refractivity contribution >= 4 is 32.5 Å². The van der Waals surface area contributed by atoms with Crippen LogP contribution in [0.4, 0.5) is 4.39 Å². The van der Waals surface area contributed by atoms with Crippen molar-refractivity contribution in [1.29, 1.82) is 0 Å². The fourth-order valence-electron chi connectivity index (χ4n) is 1.23. The number of rotatable bonds is 1. The van der Waals surface area contributed by atoms with Crippen molar-refractivity contribution in [3.05, 3.63) is 29.2 Å². The summed E-state index contributed by atoms with van der Waals surface area (Å²) in [4.78, 5) is 7.62. The van der Waals surface area contributed by atoms with Gasteiger partial charge in [0.25, 0.3) is 0 Å². The summed E-state index contributed by atoms with van der Waals surface area (Å²) in [5.41, 5.74) is 0.503. The Morgan fingerprint density at radius 1 is 1.25 bits per heavy atom. The van der Waals surface area contributed by atoms with Gasteiger partial charge in [0, 0.05) is 12.3 Å². The minimum Gasteiger partial charge on any atom is -0.232 e. The largest absolute Gasteiger partial charge is 0.232 e. The molecule has 2 aromatic rings. The maximum Gasteiger partial charge on any atom is 0.195 e. The lowest BCUT2D eigenvalue weighted by Crippen LogP contribution is -2.03. The van der Waals surface area contributed by atoms with Gasteiger partial charge < -0.3 is 0 Å². The fourth-order valence-corrected chi connectivity index (χ4v) is 2.40. The summed E-state index contributed by atoms with van der Waals surface area (Å²) < 4.78 is 35.5. The monoisotopic (exact) mass is 260 g/mol. The minimum absolute atomic E-state index is 0.157. The van der Waals surface area contributed by atoms with E-state index in [1.54, 1.807) is 0 Å². The molecule has 0 unspecified atom stereocenters. The highest BCUT2D eigenvalue weighted by molar-refractivity contribution is 7.90. The molecule has 0 saturated heterocycles. The lowest BCUT2D eigenvalue weighted by atomic mass is 10.3. The second kappa shape index (κ2) is 3.64. The molecule has 0 atom stereocenters. The van der Waals surface area contributed by atoms with E-state index in [-0.39, 0.29) is 15.7 Å². The average molecular weight is 261 g/mol. The number of aromatic nitrogens is 2. The van der Waals surface area contributed by atoms with Crippen molar-refractivity contribution in [2.75, 3.05) is 6.26 Å². The number of halogens is 2. The molecule has 0 N–H and O–H groups in total. The molecule has 0 bridgehead atoms. The molecular formula is C9H6ClFN2O2S. The molecule has 2 rings (SSSR count). The quantitative estimate of drug-likeness (QED) is 0.785. The van der Waals surface area contributed by atoms with E-state index in [2.05, 4.69) is 9.97 Å². The van der Waals surface area contributed by atoms with Gasteiger partial charge in [0.2, 0.25) is 0 Å². The van der Waals surface area contributed by atoms with Crippen molar-refractivity contribution in [3.8, 4) is 0 Å². The highest BCUT2D eigenvalue weighted by Gasteiger charge is 2.16. The van der Waals surface area contributed by atoms with Crippen LogP contribution in [-0.2, 0) is 9.84 Å². The first kappa shape index (κ1) is 11.2. The Morgan fingerprint density at radius 3 is 2.56 bits per heavy atom. The van der Waals surface area contributed by atoms with E-state index in [1.807, 2.05) is 0 Å². The summed E-state index contributed by atoms with van der Waals surface area (Å²) >= 11 is 5.68. The van der Waals surface area contributed by atoms with Crippen LogP contribution >= 0.6 is 11.6 Å².